The van der Waals surface area contributed by atoms with Crippen LogP contribution in [0.2, 0.25) is 0 Å². The molecule has 1 atom stereocenters. The van der Waals surface area contributed by atoms with Crippen molar-refractivity contribution in [3.63, 3.8) is 0 Å². The van der Waals surface area contributed by atoms with Crippen molar-refractivity contribution >= 4 is 5.91 Å². The van der Waals surface area contributed by atoms with Crippen molar-refractivity contribution in [3.8, 4) is 0 Å². The van der Waals surface area contributed by atoms with Crippen molar-refractivity contribution < 1.29 is 14.3 Å². The lowest BCUT2D eigenvalue weighted by molar-refractivity contribution is -0.123. The lowest BCUT2D eigenvalue weighted by atomic mass is 9.85. The summed E-state index contributed by atoms with van der Waals surface area (Å²) in [5.41, 5.74) is 0.771. The average Bonchev–Trinajstić information content (AvgIpc) is 2.54. The molecule has 0 aromatic heterocycles. The van der Waals surface area contributed by atoms with Crippen LogP contribution in [0.3, 0.4) is 0 Å². The standard InChI is InChI=1S/C19H27FN2O2/c20-17-6-4-15(5-7-17)19(24)16-8-10-22(11-9-16)13-18(23)21-12-14-2-1-3-14/h4-7,14,16,19,24H,1-3,8-13H2,(H,21,23). The molecule has 5 heteroatoms. The molecule has 1 aliphatic heterocycles. The zero-order valence-corrected chi connectivity index (χ0v) is 14.1. The number of rotatable bonds is 6. The highest BCUT2D eigenvalue weighted by Crippen LogP contribution is 2.30. The molecule has 0 radical (unpaired) electrons. The Labute approximate surface area is 143 Å². The number of hydrogen-bond acceptors (Lipinski definition) is 3. The minimum absolute atomic E-state index is 0.111. The molecule has 0 bridgehead atoms. The smallest absolute Gasteiger partial charge is 0.234 e. The minimum atomic E-state index is -0.555. The van der Waals surface area contributed by atoms with Crippen LogP contribution in [0, 0.1) is 17.7 Å². The van der Waals surface area contributed by atoms with Gasteiger partial charge in [-0.05, 0) is 68.3 Å². The van der Waals surface area contributed by atoms with Crippen molar-refractivity contribution in [1.82, 2.24) is 10.2 Å². The first-order valence-corrected chi connectivity index (χ1v) is 9.04. The van der Waals surface area contributed by atoms with Gasteiger partial charge in [0.15, 0.2) is 0 Å². The summed E-state index contributed by atoms with van der Waals surface area (Å²) in [6, 6.07) is 6.08. The Morgan fingerprint density at radius 2 is 1.88 bits per heavy atom. The number of piperidine rings is 1. The summed E-state index contributed by atoms with van der Waals surface area (Å²) in [5.74, 6) is 0.684. The van der Waals surface area contributed by atoms with E-state index < -0.39 is 6.10 Å². The third kappa shape index (κ3) is 4.54. The van der Waals surface area contributed by atoms with Crippen molar-refractivity contribution in [3.05, 3.63) is 35.6 Å². The van der Waals surface area contributed by atoms with E-state index in [4.69, 9.17) is 0 Å². The van der Waals surface area contributed by atoms with Gasteiger partial charge in [-0.15, -0.1) is 0 Å². The Morgan fingerprint density at radius 3 is 2.46 bits per heavy atom. The summed E-state index contributed by atoms with van der Waals surface area (Å²) in [4.78, 5) is 14.1. The maximum absolute atomic E-state index is 13.0. The monoisotopic (exact) mass is 334 g/mol. The maximum Gasteiger partial charge on any atom is 0.234 e. The van der Waals surface area contributed by atoms with E-state index in [1.165, 1.54) is 31.4 Å². The molecule has 1 aromatic carbocycles. The molecule has 1 unspecified atom stereocenters. The number of halogens is 1. The Hall–Kier alpha value is -1.46. The van der Waals surface area contributed by atoms with Crippen LogP contribution in [0.1, 0.15) is 43.8 Å². The second-order valence-corrected chi connectivity index (χ2v) is 7.21. The molecule has 2 aliphatic rings. The molecule has 1 saturated carbocycles. The zero-order chi connectivity index (χ0) is 16.9. The fraction of sp³-hybridized carbons (Fsp3) is 0.632. The predicted octanol–water partition coefficient (Wildman–Crippen LogP) is 2.49. The summed E-state index contributed by atoms with van der Waals surface area (Å²) in [6.07, 6.45) is 4.94. The van der Waals surface area contributed by atoms with Crippen molar-refractivity contribution in [1.29, 1.82) is 0 Å². The number of likely N-dealkylation sites (tertiary alicyclic amines) is 1. The molecule has 1 aromatic rings. The Bertz CT molecular complexity index is 537. The lowest BCUT2D eigenvalue weighted by Crippen LogP contribution is -2.43. The second-order valence-electron chi connectivity index (χ2n) is 7.21. The molecule has 1 saturated heterocycles. The van der Waals surface area contributed by atoms with E-state index in [0.29, 0.717) is 12.5 Å². The number of benzene rings is 1. The average molecular weight is 334 g/mol. The molecule has 4 nitrogen and oxygen atoms in total. The quantitative estimate of drug-likeness (QED) is 0.840. The molecule has 1 heterocycles. The predicted molar refractivity (Wildman–Crippen MR) is 90.9 cm³/mol. The molecule has 2 fully saturated rings. The van der Waals surface area contributed by atoms with Crippen molar-refractivity contribution in [2.75, 3.05) is 26.2 Å². The van der Waals surface area contributed by atoms with Crippen molar-refractivity contribution in [2.24, 2.45) is 11.8 Å². The Kier molecular flexibility index (Phi) is 5.85. The highest BCUT2D eigenvalue weighted by Gasteiger charge is 2.27. The van der Waals surface area contributed by atoms with Gasteiger partial charge in [0.1, 0.15) is 5.82 Å². The number of carbonyl (C=O) groups is 1. The van der Waals surface area contributed by atoms with Crippen molar-refractivity contribution in [2.45, 2.75) is 38.2 Å². The molecular weight excluding hydrogens is 307 g/mol. The van der Waals surface area contributed by atoms with Gasteiger partial charge in [0, 0.05) is 6.54 Å². The number of aliphatic hydroxyl groups excluding tert-OH is 1. The summed E-state index contributed by atoms with van der Waals surface area (Å²) < 4.78 is 13.0. The summed E-state index contributed by atoms with van der Waals surface area (Å²) in [7, 11) is 0. The van der Waals surface area contributed by atoms with E-state index in [9.17, 15) is 14.3 Å². The number of nitrogens with zero attached hydrogens (tertiary/aromatic N) is 1. The zero-order valence-electron chi connectivity index (χ0n) is 14.1. The second kappa shape index (κ2) is 8.08. The van der Waals surface area contributed by atoms with Crippen LogP contribution < -0.4 is 5.32 Å². The van der Waals surface area contributed by atoms with E-state index in [2.05, 4.69) is 10.2 Å². The van der Waals surface area contributed by atoms with Gasteiger partial charge in [-0.3, -0.25) is 9.69 Å². The molecule has 3 rings (SSSR count). The number of hydrogen-bond donors (Lipinski definition) is 2. The largest absolute Gasteiger partial charge is 0.388 e. The van der Waals surface area contributed by atoms with E-state index in [1.54, 1.807) is 12.1 Å². The fourth-order valence-electron chi connectivity index (χ4n) is 3.57. The van der Waals surface area contributed by atoms with Crippen LogP contribution >= 0.6 is 0 Å². The van der Waals surface area contributed by atoms with Crippen LogP contribution in [0.4, 0.5) is 4.39 Å². The van der Waals surface area contributed by atoms with Crippen LogP contribution in [-0.4, -0.2) is 42.1 Å². The van der Waals surface area contributed by atoms with Gasteiger partial charge in [0.25, 0.3) is 0 Å². The van der Waals surface area contributed by atoms with Crippen LogP contribution in [0.25, 0.3) is 0 Å². The van der Waals surface area contributed by atoms with Gasteiger partial charge < -0.3 is 10.4 Å². The Balaban J connectivity index is 1.40. The highest BCUT2D eigenvalue weighted by molar-refractivity contribution is 5.78. The molecule has 24 heavy (non-hydrogen) atoms. The fourth-order valence-corrected chi connectivity index (χ4v) is 3.57. The topological polar surface area (TPSA) is 52.6 Å². The molecule has 2 N–H and O–H groups in total. The first-order chi connectivity index (χ1) is 11.6. The first-order valence-electron chi connectivity index (χ1n) is 9.04. The van der Waals surface area contributed by atoms with Gasteiger partial charge in [0.2, 0.25) is 5.91 Å². The van der Waals surface area contributed by atoms with Crippen LogP contribution in [0.15, 0.2) is 24.3 Å². The molecule has 0 spiro atoms. The van der Waals surface area contributed by atoms with Gasteiger partial charge in [0.05, 0.1) is 12.6 Å². The number of aliphatic hydroxyl groups is 1. The van der Waals surface area contributed by atoms with E-state index in [0.717, 1.165) is 38.0 Å². The van der Waals surface area contributed by atoms with Crippen LogP contribution in [-0.2, 0) is 4.79 Å². The normalized spacial score (nSPS) is 21.2. The van der Waals surface area contributed by atoms with Gasteiger partial charge >= 0.3 is 0 Å². The van der Waals surface area contributed by atoms with Gasteiger partial charge in [-0.2, -0.15) is 0 Å². The van der Waals surface area contributed by atoms with E-state index >= 15 is 0 Å². The molecule has 1 aliphatic carbocycles. The van der Waals surface area contributed by atoms with Crippen LogP contribution in [0.5, 0.6) is 0 Å². The number of amides is 1. The van der Waals surface area contributed by atoms with Gasteiger partial charge in [-0.25, -0.2) is 4.39 Å². The minimum Gasteiger partial charge on any atom is -0.388 e. The summed E-state index contributed by atoms with van der Waals surface area (Å²) >= 11 is 0. The first kappa shape index (κ1) is 17.4. The third-order valence-electron chi connectivity index (χ3n) is 5.47. The SMILES string of the molecule is O=C(CN1CCC(C(O)c2ccc(F)cc2)CC1)NCC1CCC1. The summed E-state index contributed by atoms with van der Waals surface area (Å²) in [5, 5.41) is 13.5. The number of nitrogens with one attached hydrogen (secondary N) is 1. The van der Waals surface area contributed by atoms with E-state index in [-0.39, 0.29) is 17.6 Å². The summed E-state index contributed by atoms with van der Waals surface area (Å²) in [6.45, 7) is 2.91. The number of carbonyl (C=O) groups excluding carboxylic acids is 1. The third-order valence-corrected chi connectivity index (χ3v) is 5.47. The lowest BCUT2D eigenvalue weighted by Gasteiger charge is -2.34. The maximum atomic E-state index is 13.0. The Morgan fingerprint density at radius 1 is 1.21 bits per heavy atom. The molecule has 1 amide bonds. The van der Waals surface area contributed by atoms with E-state index in [1.807, 2.05) is 0 Å². The van der Waals surface area contributed by atoms with Gasteiger partial charge in [-0.1, -0.05) is 18.6 Å². The molecular formula is C19H27FN2O2. The molecule has 132 valence electrons. The highest BCUT2D eigenvalue weighted by atomic mass is 19.1.